The van der Waals surface area contributed by atoms with Gasteiger partial charge in [0, 0.05) is 34.4 Å². The number of hydrogen-bond acceptors (Lipinski definition) is 14. The van der Waals surface area contributed by atoms with Crippen molar-refractivity contribution in [1.29, 1.82) is 0 Å². The lowest BCUT2D eigenvalue weighted by atomic mass is 10.1. The summed E-state index contributed by atoms with van der Waals surface area (Å²) in [7, 11) is 0. The Morgan fingerprint density at radius 1 is 0.605 bits per heavy atom. The molecule has 0 atom stereocenters. The molecule has 3 aromatic carbocycles. The van der Waals surface area contributed by atoms with Crippen molar-refractivity contribution >= 4 is 22.8 Å². The molecule has 0 aliphatic rings. The van der Waals surface area contributed by atoms with Crippen LogP contribution in [0.3, 0.4) is 0 Å². The highest BCUT2D eigenvalue weighted by atomic mass is 32.2. The molecule has 43 heavy (non-hydrogen) atoms. The Kier molecular flexibility index (Phi) is 11.0. The van der Waals surface area contributed by atoms with Gasteiger partial charge in [-0.2, -0.15) is 0 Å². The Morgan fingerprint density at radius 2 is 1.05 bits per heavy atom. The number of ether oxygens (including phenoxy) is 4. The summed E-state index contributed by atoms with van der Waals surface area (Å²) in [5.74, 6) is 1.27. The number of fused-ring (bicyclic) bond motifs is 1. The summed E-state index contributed by atoms with van der Waals surface area (Å²) in [4.78, 5) is 7.66. The Bertz CT molecular complexity index is 1400. The van der Waals surface area contributed by atoms with E-state index in [1.54, 1.807) is 12.1 Å². The monoisotopic (exact) mass is 620 g/mol. The van der Waals surface area contributed by atoms with E-state index in [1.165, 1.54) is 48.2 Å². The number of thioether (sulfide) groups is 1. The maximum absolute atomic E-state index is 9.54. The van der Waals surface area contributed by atoms with Crippen molar-refractivity contribution in [3.8, 4) is 23.0 Å². The third kappa shape index (κ3) is 8.26. The van der Waals surface area contributed by atoms with Crippen LogP contribution in [0.15, 0.2) is 53.7 Å². The van der Waals surface area contributed by atoms with E-state index in [-0.39, 0.29) is 60.2 Å². The summed E-state index contributed by atoms with van der Waals surface area (Å²) in [5.41, 5.74) is 1.02. The standard InChI is InChI=1S/C28H32N2O12S/c1-43-28-29-20-12-22(41-8-6-39-14-2-4-16(24(31)32)18(10-14)26(35)36)23(13-21(20)30-28)42-9-7-40-15-3-5-17(25(33)34)19(11-15)27(37)38/h2-5,10-13,24-27,31-38H,6-9H2,1H3,(H,29,30). The Labute approximate surface area is 249 Å². The molecule has 0 aliphatic carbocycles. The molecule has 15 heteroatoms. The maximum atomic E-state index is 9.54. The van der Waals surface area contributed by atoms with Gasteiger partial charge in [-0.15, -0.1) is 0 Å². The topological polar surface area (TPSA) is 227 Å². The molecule has 9 N–H and O–H groups in total. The van der Waals surface area contributed by atoms with Crippen LogP contribution < -0.4 is 18.9 Å². The number of aromatic amines is 1. The second kappa shape index (κ2) is 14.7. The molecule has 0 fully saturated rings. The van der Waals surface area contributed by atoms with Crippen LogP contribution in [0, 0.1) is 0 Å². The number of aromatic nitrogens is 2. The molecule has 0 radical (unpaired) electrons. The second-order valence-electron chi connectivity index (χ2n) is 9.03. The summed E-state index contributed by atoms with van der Waals surface area (Å²) >= 11 is 1.43. The average molecular weight is 621 g/mol. The van der Waals surface area contributed by atoms with Gasteiger partial charge in [0.2, 0.25) is 0 Å². The van der Waals surface area contributed by atoms with Crippen LogP contribution in [-0.4, -0.2) is 83.5 Å². The summed E-state index contributed by atoms with van der Waals surface area (Å²) in [6, 6.07) is 11.6. The minimum absolute atomic E-state index is 0.0524. The second-order valence-corrected chi connectivity index (χ2v) is 9.83. The predicted molar refractivity (Wildman–Crippen MR) is 151 cm³/mol. The summed E-state index contributed by atoms with van der Waals surface area (Å²) in [6.45, 7) is 0.240. The van der Waals surface area contributed by atoms with Crippen molar-refractivity contribution in [3.05, 3.63) is 70.8 Å². The Morgan fingerprint density at radius 3 is 1.49 bits per heavy atom. The molecule has 1 heterocycles. The molecule has 4 aromatic rings. The highest BCUT2D eigenvalue weighted by Gasteiger charge is 2.18. The van der Waals surface area contributed by atoms with Gasteiger partial charge in [0.25, 0.3) is 0 Å². The smallest absolute Gasteiger partial charge is 0.179 e. The van der Waals surface area contributed by atoms with Gasteiger partial charge < -0.3 is 64.8 Å². The van der Waals surface area contributed by atoms with E-state index in [0.717, 1.165) is 0 Å². The molecule has 232 valence electrons. The van der Waals surface area contributed by atoms with Gasteiger partial charge in [-0.3, -0.25) is 0 Å². The molecule has 0 saturated heterocycles. The fourth-order valence-corrected chi connectivity index (χ4v) is 4.54. The number of nitrogens with one attached hydrogen (secondary N) is 1. The van der Waals surface area contributed by atoms with E-state index in [2.05, 4.69) is 9.97 Å². The van der Waals surface area contributed by atoms with Crippen molar-refractivity contribution in [3.63, 3.8) is 0 Å². The van der Waals surface area contributed by atoms with Gasteiger partial charge in [0.05, 0.1) is 11.0 Å². The number of benzene rings is 3. The van der Waals surface area contributed by atoms with E-state index in [0.29, 0.717) is 27.7 Å². The van der Waals surface area contributed by atoms with Crippen LogP contribution in [0.2, 0.25) is 0 Å². The predicted octanol–water partition coefficient (Wildman–Crippen LogP) is 1.13. The summed E-state index contributed by atoms with van der Waals surface area (Å²) < 4.78 is 23.1. The number of hydrogen-bond donors (Lipinski definition) is 9. The molecule has 4 rings (SSSR count). The first-order valence-corrected chi connectivity index (χ1v) is 14.1. The average Bonchev–Trinajstić information content (AvgIpc) is 3.39. The first-order chi connectivity index (χ1) is 20.6. The van der Waals surface area contributed by atoms with Crippen LogP contribution in [0.4, 0.5) is 0 Å². The molecule has 1 aromatic heterocycles. The van der Waals surface area contributed by atoms with Crippen LogP contribution in [0.5, 0.6) is 23.0 Å². The Hall–Kier alpha value is -3.64. The highest BCUT2D eigenvalue weighted by molar-refractivity contribution is 7.98. The number of aliphatic hydroxyl groups excluding tert-OH is 4. The fraction of sp³-hybridized carbons (Fsp3) is 0.321. The number of nitrogens with zero attached hydrogens (tertiary/aromatic N) is 1. The Balaban J connectivity index is 1.40. The summed E-state index contributed by atoms with van der Waals surface area (Å²) in [5, 5.41) is 76.5. The first kappa shape index (κ1) is 32.3. The molecular formula is C28H32N2O12S. The van der Waals surface area contributed by atoms with Crippen LogP contribution in [0.1, 0.15) is 47.4 Å². The van der Waals surface area contributed by atoms with Crippen LogP contribution in [0.25, 0.3) is 11.0 Å². The maximum Gasteiger partial charge on any atom is 0.179 e. The molecule has 14 nitrogen and oxygen atoms in total. The van der Waals surface area contributed by atoms with Gasteiger partial charge in [-0.05, 0) is 42.7 Å². The van der Waals surface area contributed by atoms with Gasteiger partial charge >= 0.3 is 0 Å². The van der Waals surface area contributed by atoms with Crippen molar-refractivity contribution in [1.82, 2.24) is 9.97 Å². The van der Waals surface area contributed by atoms with Crippen LogP contribution >= 0.6 is 11.8 Å². The van der Waals surface area contributed by atoms with Crippen molar-refractivity contribution in [2.24, 2.45) is 0 Å². The van der Waals surface area contributed by atoms with Crippen molar-refractivity contribution < 1.29 is 59.8 Å². The van der Waals surface area contributed by atoms with Crippen molar-refractivity contribution in [2.45, 2.75) is 30.3 Å². The molecule has 0 unspecified atom stereocenters. The zero-order valence-corrected chi connectivity index (χ0v) is 23.6. The number of rotatable bonds is 15. The molecular weight excluding hydrogens is 588 g/mol. The number of aliphatic hydroxyl groups is 8. The highest BCUT2D eigenvalue weighted by Crippen LogP contribution is 2.33. The minimum Gasteiger partial charge on any atom is -0.490 e. The van der Waals surface area contributed by atoms with E-state index in [1.807, 2.05) is 6.26 Å². The van der Waals surface area contributed by atoms with Crippen LogP contribution in [-0.2, 0) is 0 Å². The molecule has 0 aliphatic heterocycles. The quantitative estimate of drug-likeness (QED) is 0.0516. The van der Waals surface area contributed by atoms with Gasteiger partial charge in [-0.25, -0.2) is 4.98 Å². The largest absolute Gasteiger partial charge is 0.490 e. The zero-order valence-electron chi connectivity index (χ0n) is 22.8. The molecule has 0 bridgehead atoms. The van der Waals surface area contributed by atoms with E-state index < -0.39 is 25.2 Å². The third-order valence-electron chi connectivity index (χ3n) is 6.17. The van der Waals surface area contributed by atoms with E-state index >= 15 is 0 Å². The zero-order chi connectivity index (χ0) is 31.1. The lowest BCUT2D eigenvalue weighted by molar-refractivity contribution is -0.0635. The van der Waals surface area contributed by atoms with E-state index in [4.69, 9.17) is 18.9 Å². The molecule has 0 spiro atoms. The number of H-pyrrole nitrogens is 1. The van der Waals surface area contributed by atoms with Gasteiger partial charge in [0.1, 0.15) is 37.9 Å². The summed E-state index contributed by atoms with van der Waals surface area (Å²) in [6.07, 6.45) is -5.74. The van der Waals surface area contributed by atoms with Gasteiger partial charge in [0.15, 0.2) is 41.8 Å². The lowest BCUT2D eigenvalue weighted by Crippen LogP contribution is -2.13. The van der Waals surface area contributed by atoms with Crippen molar-refractivity contribution in [2.75, 3.05) is 32.7 Å². The molecule has 0 saturated carbocycles. The van der Waals surface area contributed by atoms with Gasteiger partial charge in [-0.1, -0.05) is 11.8 Å². The third-order valence-corrected chi connectivity index (χ3v) is 6.75. The lowest BCUT2D eigenvalue weighted by Gasteiger charge is -2.16. The first-order valence-electron chi connectivity index (χ1n) is 12.9. The fourth-order valence-electron chi connectivity index (χ4n) is 4.14. The van der Waals surface area contributed by atoms with E-state index in [9.17, 15) is 40.9 Å². The minimum atomic E-state index is -1.93. The number of imidazole rings is 1. The normalized spacial score (nSPS) is 11.7. The SMILES string of the molecule is CSc1nc2cc(OCCOc3ccc(C(O)O)c(C(O)O)c3)c(OCCOc3ccc(C(O)O)c(C(O)O)c3)cc2[nH]1. The molecule has 0 amide bonds.